The Morgan fingerprint density at radius 3 is 2.65 bits per heavy atom. The van der Waals surface area contributed by atoms with Gasteiger partial charge in [-0.1, -0.05) is 11.6 Å². The molecule has 0 aliphatic carbocycles. The van der Waals surface area contributed by atoms with Crippen LogP contribution in [0, 0.1) is 13.8 Å². The zero-order valence-electron chi connectivity index (χ0n) is 18.3. The van der Waals surface area contributed by atoms with Crippen LogP contribution in [0.25, 0.3) is 11.0 Å². The summed E-state index contributed by atoms with van der Waals surface area (Å²) in [6.45, 7) is 8.06. The lowest BCUT2D eigenvalue weighted by molar-refractivity contribution is -0.00572. The van der Waals surface area contributed by atoms with Gasteiger partial charge < -0.3 is 14.2 Å². The Labute approximate surface area is 181 Å². The van der Waals surface area contributed by atoms with Crippen LogP contribution in [0.15, 0.2) is 36.4 Å². The molecule has 0 saturated carbocycles. The smallest absolute Gasteiger partial charge is 0.253 e. The summed E-state index contributed by atoms with van der Waals surface area (Å²) in [5, 5.41) is 0. The third-order valence-corrected chi connectivity index (χ3v) is 6.71. The van der Waals surface area contributed by atoms with Gasteiger partial charge in [0.05, 0.1) is 23.0 Å². The number of aryl methyl sites for hydroxylation is 3. The van der Waals surface area contributed by atoms with E-state index in [1.165, 1.54) is 0 Å². The van der Waals surface area contributed by atoms with E-state index in [0.717, 1.165) is 29.0 Å². The Kier molecular flexibility index (Phi) is 4.61. The van der Waals surface area contributed by atoms with Crippen LogP contribution in [0.4, 0.5) is 0 Å². The number of fused-ring (bicyclic) bond motifs is 2. The molecular weight excluding hydrogens is 390 g/mol. The second-order valence-corrected chi connectivity index (χ2v) is 8.78. The van der Waals surface area contributed by atoms with Crippen molar-refractivity contribution in [3.05, 3.63) is 58.9 Å². The quantitative estimate of drug-likeness (QED) is 0.623. The van der Waals surface area contributed by atoms with Gasteiger partial charge in [-0.05, 0) is 51.1 Å². The summed E-state index contributed by atoms with van der Waals surface area (Å²) < 4.78 is 8.48. The molecule has 160 valence electrons. The first-order valence-electron chi connectivity index (χ1n) is 11.0. The molecule has 1 saturated heterocycles. The first-order valence-corrected chi connectivity index (χ1v) is 11.0. The number of Topliss-reactive ketones (excluding diaryl/α,β-unsaturated/α-hetero) is 1. The molecule has 0 N–H and O–H groups in total. The third-order valence-electron chi connectivity index (χ3n) is 6.71. The standard InChI is InChI=1S/C25H27N3O3/c1-4-28-17(3)26-20-14-18(6-7-21(20)28)24(30)27-11-9-25(10-12-27)15-22(29)19-13-16(2)5-8-23(19)31-25/h5-8,13-14H,4,9-12,15H2,1-3H3. The first kappa shape index (κ1) is 19.8. The lowest BCUT2D eigenvalue weighted by Crippen LogP contribution is -2.52. The highest BCUT2D eigenvalue weighted by Crippen LogP contribution is 2.39. The lowest BCUT2D eigenvalue weighted by atomic mass is 9.82. The summed E-state index contributed by atoms with van der Waals surface area (Å²) in [5.41, 5.74) is 3.80. The Balaban J connectivity index is 1.32. The van der Waals surface area contributed by atoms with E-state index in [-0.39, 0.29) is 11.7 Å². The fourth-order valence-electron chi connectivity index (χ4n) is 4.97. The van der Waals surface area contributed by atoms with Crippen molar-refractivity contribution in [2.45, 2.75) is 52.2 Å². The Bertz CT molecular complexity index is 1200. The number of imidazole rings is 1. The maximum Gasteiger partial charge on any atom is 0.253 e. The number of benzene rings is 2. The van der Waals surface area contributed by atoms with Crippen LogP contribution in [-0.2, 0) is 6.54 Å². The number of amides is 1. The van der Waals surface area contributed by atoms with Gasteiger partial charge >= 0.3 is 0 Å². The van der Waals surface area contributed by atoms with Crippen molar-refractivity contribution in [2.75, 3.05) is 13.1 Å². The maximum absolute atomic E-state index is 13.2. The van der Waals surface area contributed by atoms with Crippen molar-refractivity contribution in [3.8, 4) is 5.75 Å². The van der Waals surface area contributed by atoms with Crippen LogP contribution in [-0.4, -0.2) is 44.8 Å². The largest absolute Gasteiger partial charge is 0.486 e. The highest BCUT2D eigenvalue weighted by atomic mass is 16.5. The Morgan fingerprint density at radius 1 is 1.13 bits per heavy atom. The number of aromatic nitrogens is 2. The van der Waals surface area contributed by atoms with Gasteiger partial charge in [0.25, 0.3) is 5.91 Å². The van der Waals surface area contributed by atoms with Gasteiger partial charge in [-0.25, -0.2) is 4.98 Å². The number of ketones is 1. The predicted molar refractivity (Wildman–Crippen MR) is 119 cm³/mol. The zero-order chi connectivity index (χ0) is 21.8. The van der Waals surface area contributed by atoms with Crippen LogP contribution in [0.5, 0.6) is 5.75 Å². The minimum absolute atomic E-state index is 0.0126. The van der Waals surface area contributed by atoms with Crippen molar-refractivity contribution in [1.82, 2.24) is 14.5 Å². The maximum atomic E-state index is 13.2. The summed E-state index contributed by atoms with van der Waals surface area (Å²) in [4.78, 5) is 32.4. The number of carbonyl (C=O) groups is 2. The van der Waals surface area contributed by atoms with Gasteiger partial charge in [0.15, 0.2) is 5.78 Å². The minimum atomic E-state index is -0.503. The molecule has 6 nitrogen and oxygen atoms in total. The number of hydrogen-bond donors (Lipinski definition) is 0. The van der Waals surface area contributed by atoms with Crippen LogP contribution >= 0.6 is 0 Å². The molecule has 1 amide bonds. The molecule has 2 aromatic carbocycles. The second-order valence-electron chi connectivity index (χ2n) is 8.78. The average molecular weight is 418 g/mol. The summed E-state index contributed by atoms with van der Waals surface area (Å²) >= 11 is 0. The van der Waals surface area contributed by atoms with Gasteiger partial charge in [-0.2, -0.15) is 0 Å². The molecule has 31 heavy (non-hydrogen) atoms. The summed E-state index contributed by atoms with van der Waals surface area (Å²) in [5.74, 6) is 1.78. The fraction of sp³-hybridized carbons (Fsp3) is 0.400. The van der Waals surface area contributed by atoms with Crippen molar-refractivity contribution in [3.63, 3.8) is 0 Å². The van der Waals surface area contributed by atoms with E-state index in [1.807, 2.05) is 55.1 Å². The van der Waals surface area contributed by atoms with Gasteiger partial charge in [-0.15, -0.1) is 0 Å². The van der Waals surface area contributed by atoms with Crippen molar-refractivity contribution in [2.24, 2.45) is 0 Å². The highest BCUT2D eigenvalue weighted by Gasteiger charge is 2.43. The number of likely N-dealkylation sites (tertiary alicyclic amines) is 1. The van der Waals surface area contributed by atoms with Crippen molar-refractivity contribution in [1.29, 1.82) is 0 Å². The topological polar surface area (TPSA) is 64.4 Å². The minimum Gasteiger partial charge on any atom is -0.486 e. The molecular formula is C25H27N3O3. The lowest BCUT2D eigenvalue weighted by Gasteiger charge is -2.44. The van der Waals surface area contributed by atoms with E-state index in [2.05, 4.69) is 16.5 Å². The number of rotatable bonds is 2. The predicted octanol–water partition coefficient (Wildman–Crippen LogP) is 4.31. The molecule has 5 rings (SSSR count). The molecule has 3 aromatic rings. The summed E-state index contributed by atoms with van der Waals surface area (Å²) in [6, 6.07) is 11.5. The normalized spacial score (nSPS) is 17.6. The van der Waals surface area contributed by atoms with Crippen LogP contribution in [0.3, 0.4) is 0 Å². The molecule has 3 heterocycles. The monoisotopic (exact) mass is 417 g/mol. The van der Waals surface area contributed by atoms with E-state index in [4.69, 9.17) is 4.74 Å². The van der Waals surface area contributed by atoms with E-state index in [1.54, 1.807) is 0 Å². The molecule has 2 aliphatic rings. The Morgan fingerprint density at radius 2 is 1.90 bits per heavy atom. The number of ether oxygens (including phenoxy) is 1. The SMILES string of the molecule is CCn1c(C)nc2cc(C(=O)N3CCC4(CC3)CC(=O)c3cc(C)ccc3O4)ccc21. The van der Waals surface area contributed by atoms with Gasteiger partial charge in [0, 0.05) is 38.0 Å². The van der Waals surface area contributed by atoms with Gasteiger partial charge in [0.1, 0.15) is 17.2 Å². The number of piperidine rings is 1. The van der Waals surface area contributed by atoms with Crippen LogP contribution < -0.4 is 4.74 Å². The molecule has 1 fully saturated rings. The van der Waals surface area contributed by atoms with Gasteiger partial charge in [0.2, 0.25) is 0 Å². The first-order chi connectivity index (χ1) is 14.9. The average Bonchev–Trinajstić information content (AvgIpc) is 3.08. The van der Waals surface area contributed by atoms with Crippen molar-refractivity contribution < 1.29 is 14.3 Å². The molecule has 1 aromatic heterocycles. The zero-order valence-corrected chi connectivity index (χ0v) is 18.3. The highest BCUT2D eigenvalue weighted by molar-refractivity contribution is 6.01. The molecule has 0 unspecified atom stereocenters. The molecule has 0 atom stereocenters. The van der Waals surface area contributed by atoms with E-state index in [9.17, 15) is 9.59 Å². The summed E-state index contributed by atoms with van der Waals surface area (Å²) in [7, 11) is 0. The summed E-state index contributed by atoms with van der Waals surface area (Å²) in [6.07, 6.45) is 1.69. The van der Waals surface area contributed by atoms with Crippen molar-refractivity contribution >= 4 is 22.7 Å². The second kappa shape index (κ2) is 7.22. The number of nitrogens with zero attached hydrogens (tertiary/aromatic N) is 3. The van der Waals surface area contributed by atoms with E-state index < -0.39 is 5.60 Å². The number of carbonyl (C=O) groups excluding carboxylic acids is 2. The Hall–Kier alpha value is -3.15. The molecule has 1 spiro atoms. The molecule has 0 bridgehead atoms. The molecule has 6 heteroatoms. The number of hydrogen-bond acceptors (Lipinski definition) is 4. The van der Waals surface area contributed by atoms with E-state index >= 15 is 0 Å². The van der Waals surface area contributed by atoms with Crippen LogP contribution in [0.1, 0.15) is 58.3 Å². The third kappa shape index (κ3) is 3.30. The fourth-order valence-corrected chi connectivity index (χ4v) is 4.97. The molecule has 0 radical (unpaired) electrons. The van der Waals surface area contributed by atoms with Crippen LogP contribution in [0.2, 0.25) is 0 Å². The van der Waals surface area contributed by atoms with E-state index in [0.29, 0.717) is 49.2 Å². The molecule has 2 aliphatic heterocycles. The van der Waals surface area contributed by atoms with Gasteiger partial charge in [-0.3, -0.25) is 9.59 Å².